The van der Waals surface area contributed by atoms with E-state index in [1.165, 1.54) is 35.0 Å². The number of aryl methyl sites for hydroxylation is 2. The average molecular weight is 425 g/mol. The van der Waals surface area contributed by atoms with Crippen molar-refractivity contribution in [2.24, 2.45) is 0 Å². The molecule has 30 heavy (non-hydrogen) atoms. The Morgan fingerprint density at radius 3 is 2.47 bits per heavy atom. The summed E-state index contributed by atoms with van der Waals surface area (Å²) in [5.41, 5.74) is 2.84. The molecule has 0 aliphatic heterocycles. The van der Waals surface area contributed by atoms with Crippen molar-refractivity contribution in [1.82, 2.24) is 19.1 Å². The van der Waals surface area contributed by atoms with Crippen LogP contribution >= 0.6 is 11.8 Å². The molecule has 8 heteroatoms. The molecule has 0 radical (unpaired) electrons. The summed E-state index contributed by atoms with van der Waals surface area (Å²) < 4.78 is 3.21. The molecule has 0 aliphatic carbocycles. The molecule has 2 aromatic heterocycles. The Morgan fingerprint density at radius 1 is 1.07 bits per heavy atom. The lowest BCUT2D eigenvalue weighted by atomic mass is 10.1. The van der Waals surface area contributed by atoms with Gasteiger partial charge in [0.05, 0.1) is 6.54 Å². The second-order valence-electron chi connectivity index (χ2n) is 7.17. The number of ketones is 1. The van der Waals surface area contributed by atoms with E-state index in [1.54, 1.807) is 17.0 Å². The molecule has 0 amide bonds. The molecule has 0 unspecified atom stereocenters. The number of rotatable bonds is 8. The van der Waals surface area contributed by atoms with Crippen molar-refractivity contribution in [3.05, 3.63) is 85.9 Å². The van der Waals surface area contributed by atoms with Gasteiger partial charge in [0.1, 0.15) is 5.78 Å². The Bertz CT molecular complexity index is 1170. The SMILES string of the molecule is CCn1cc(Cc2cn(CC(C)=O)c(SCc3ccc(C)cc3)nc2=O)cnc1=O. The Kier molecular flexibility index (Phi) is 6.99. The lowest BCUT2D eigenvalue weighted by molar-refractivity contribution is -0.117. The van der Waals surface area contributed by atoms with E-state index >= 15 is 0 Å². The largest absolute Gasteiger partial charge is 0.347 e. The molecule has 0 fully saturated rings. The number of aromatic nitrogens is 4. The molecule has 156 valence electrons. The third-order valence-corrected chi connectivity index (χ3v) is 5.62. The highest BCUT2D eigenvalue weighted by Gasteiger charge is 2.12. The highest BCUT2D eigenvalue weighted by Crippen LogP contribution is 2.21. The summed E-state index contributed by atoms with van der Waals surface area (Å²) in [4.78, 5) is 44.2. The minimum absolute atomic E-state index is 0.0233. The second-order valence-corrected chi connectivity index (χ2v) is 8.11. The third kappa shape index (κ3) is 5.54. The number of hydrogen-bond donors (Lipinski definition) is 0. The van der Waals surface area contributed by atoms with Crippen molar-refractivity contribution in [1.29, 1.82) is 0 Å². The Labute approximate surface area is 178 Å². The first-order chi connectivity index (χ1) is 14.4. The Morgan fingerprint density at radius 2 is 1.80 bits per heavy atom. The monoisotopic (exact) mass is 424 g/mol. The van der Waals surface area contributed by atoms with E-state index in [2.05, 4.69) is 9.97 Å². The van der Waals surface area contributed by atoms with Crippen LogP contribution in [0.2, 0.25) is 0 Å². The maximum absolute atomic E-state index is 12.6. The summed E-state index contributed by atoms with van der Waals surface area (Å²) in [6.07, 6.45) is 5.16. The van der Waals surface area contributed by atoms with E-state index in [9.17, 15) is 14.4 Å². The van der Waals surface area contributed by atoms with Gasteiger partial charge in [-0.1, -0.05) is 41.6 Å². The van der Waals surface area contributed by atoms with Gasteiger partial charge in [-0.25, -0.2) is 9.78 Å². The summed E-state index contributed by atoms with van der Waals surface area (Å²) in [6.45, 7) is 6.04. The summed E-state index contributed by atoms with van der Waals surface area (Å²) in [7, 11) is 0. The number of hydrogen-bond acceptors (Lipinski definition) is 6. The fourth-order valence-corrected chi connectivity index (χ4v) is 3.90. The molecule has 0 atom stereocenters. The van der Waals surface area contributed by atoms with Crippen molar-refractivity contribution in [2.75, 3.05) is 0 Å². The van der Waals surface area contributed by atoms with Gasteiger partial charge in [-0.15, -0.1) is 0 Å². The van der Waals surface area contributed by atoms with Gasteiger partial charge in [-0.05, 0) is 31.9 Å². The highest BCUT2D eigenvalue weighted by molar-refractivity contribution is 7.98. The number of benzene rings is 1. The zero-order chi connectivity index (χ0) is 21.7. The van der Waals surface area contributed by atoms with Crippen LogP contribution in [0, 0.1) is 6.92 Å². The smallest absolute Gasteiger partial charge is 0.320 e. The van der Waals surface area contributed by atoms with Gasteiger partial charge in [0.15, 0.2) is 5.16 Å². The van der Waals surface area contributed by atoms with Gasteiger partial charge in [0.2, 0.25) is 0 Å². The maximum Gasteiger partial charge on any atom is 0.347 e. The van der Waals surface area contributed by atoms with Gasteiger partial charge in [0.25, 0.3) is 5.56 Å². The first-order valence-electron chi connectivity index (χ1n) is 9.69. The van der Waals surface area contributed by atoms with Crippen LogP contribution in [0.5, 0.6) is 0 Å². The fraction of sp³-hybridized carbons (Fsp3) is 0.318. The molecular weight excluding hydrogens is 400 g/mol. The molecule has 0 saturated heterocycles. The fourth-order valence-electron chi connectivity index (χ4n) is 2.98. The van der Waals surface area contributed by atoms with Crippen molar-refractivity contribution >= 4 is 17.5 Å². The zero-order valence-corrected chi connectivity index (χ0v) is 18.1. The summed E-state index contributed by atoms with van der Waals surface area (Å²) in [5.74, 6) is 0.625. The first kappa shape index (κ1) is 21.7. The molecule has 7 nitrogen and oxygen atoms in total. The minimum atomic E-state index is -0.338. The van der Waals surface area contributed by atoms with Crippen LogP contribution in [0.1, 0.15) is 36.1 Å². The van der Waals surface area contributed by atoms with Crippen LogP contribution < -0.4 is 11.2 Å². The Hall–Kier alpha value is -3.00. The number of carbonyl (C=O) groups excluding carboxylic acids is 1. The first-order valence-corrected chi connectivity index (χ1v) is 10.7. The van der Waals surface area contributed by atoms with Crippen molar-refractivity contribution in [2.45, 2.75) is 51.2 Å². The van der Waals surface area contributed by atoms with Crippen LogP contribution in [-0.2, 0) is 30.1 Å². The standard InChI is InChI=1S/C22H24N4O3S/c1-4-25-12-18(10-23-21(25)29)9-19-13-26(11-16(3)27)22(24-20(19)28)30-14-17-7-5-15(2)6-8-17/h5-8,10,12-13H,4,9,11,14H2,1-3H3. The van der Waals surface area contributed by atoms with Gasteiger partial charge >= 0.3 is 5.69 Å². The van der Waals surface area contributed by atoms with E-state index in [0.29, 0.717) is 29.4 Å². The summed E-state index contributed by atoms with van der Waals surface area (Å²) in [6, 6.07) is 8.16. The van der Waals surface area contributed by atoms with E-state index in [0.717, 1.165) is 11.1 Å². The normalized spacial score (nSPS) is 10.9. The topological polar surface area (TPSA) is 86.8 Å². The molecule has 2 heterocycles. The molecular formula is C22H24N4O3S. The molecule has 0 aliphatic rings. The van der Waals surface area contributed by atoms with Crippen molar-refractivity contribution in [3.8, 4) is 0 Å². The van der Waals surface area contributed by atoms with Crippen molar-refractivity contribution in [3.63, 3.8) is 0 Å². The predicted octanol–water partition coefficient (Wildman–Crippen LogP) is 2.60. The Balaban J connectivity index is 1.88. The van der Waals surface area contributed by atoms with Crippen LogP contribution in [0.15, 0.2) is 57.6 Å². The van der Waals surface area contributed by atoms with Gasteiger partial charge in [-0.3, -0.25) is 14.2 Å². The van der Waals surface area contributed by atoms with Crippen LogP contribution in [0.4, 0.5) is 0 Å². The summed E-state index contributed by atoms with van der Waals surface area (Å²) >= 11 is 1.43. The number of carbonyl (C=O) groups is 1. The van der Waals surface area contributed by atoms with E-state index < -0.39 is 0 Å². The van der Waals surface area contributed by atoms with E-state index in [-0.39, 0.29) is 23.6 Å². The maximum atomic E-state index is 12.6. The molecule has 1 aromatic carbocycles. The molecule has 0 spiro atoms. The molecule has 0 bridgehead atoms. The molecule has 0 N–H and O–H groups in total. The number of nitrogens with zero attached hydrogens (tertiary/aromatic N) is 4. The van der Waals surface area contributed by atoms with Crippen LogP contribution in [-0.4, -0.2) is 24.9 Å². The average Bonchev–Trinajstić information content (AvgIpc) is 2.71. The van der Waals surface area contributed by atoms with E-state index in [1.807, 2.05) is 38.1 Å². The minimum Gasteiger partial charge on any atom is -0.320 e. The summed E-state index contributed by atoms with van der Waals surface area (Å²) in [5, 5.41) is 0.510. The van der Waals surface area contributed by atoms with Crippen LogP contribution in [0.3, 0.4) is 0 Å². The van der Waals surface area contributed by atoms with E-state index in [4.69, 9.17) is 0 Å². The van der Waals surface area contributed by atoms with Gasteiger partial charge in [0, 0.05) is 42.9 Å². The molecule has 3 aromatic rings. The number of Topliss-reactive ketones (excluding diaryl/α,β-unsaturated/α-hetero) is 1. The highest BCUT2D eigenvalue weighted by atomic mass is 32.2. The zero-order valence-electron chi connectivity index (χ0n) is 17.3. The van der Waals surface area contributed by atoms with Crippen molar-refractivity contribution < 1.29 is 4.79 Å². The lowest BCUT2D eigenvalue weighted by Crippen LogP contribution is -2.24. The second kappa shape index (κ2) is 9.67. The molecule has 3 rings (SSSR count). The van der Waals surface area contributed by atoms with Gasteiger partial charge in [-0.2, -0.15) is 4.98 Å². The van der Waals surface area contributed by atoms with Crippen LogP contribution in [0.25, 0.3) is 0 Å². The predicted molar refractivity (Wildman–Crippen MR) is 117 cm³/mol. The third-order valence-electron chi connectivity index (χ3n) is 4.55. The number of thioether (sulfide) groups is 1. The molecule has 0 saturated carbocycles. The van der Waals surface area contributed by atoms with Gasteiger partial charge < -0.3 is 4.57 Å². The quantitative estimate of drug-likeness (QED) is 0.408. The lowest BCUT2D eigenvalue weighted by Gasteiger charge is -2.13.